The number of hydrogen-bond donors (Lipinski definition) is 0. The molecule has 0 spiro atoms. The molecule has 0 aromatic heterocycles. The number of rotatable bonds is 3. The van der Waals surface area contributed by atoms with Gasteiger partial charge in [-0.2, -0.15) is 0 Å². The number of aryl methyl sites for hydroxylation is 1. The molecular formula is C17H22. The third-order valence-corrected chi connectivity index (χ3v) is 3.25. The van der Waals surface area contributed by atoms with Crippen LogP contribution in [-0.2, 0) is 6.42 Å². The van der Waals surface area contributed by atoms with Gasteiger partial charge in [0.1, 0.15) is 0 Å². The lowest BCUT2D eigenvalue weighted by atomic mass is 9.88. The standard InChI is InChI=1S/C17H22/c1-17(2,3)13-7-11-15-10-6-9-14-8-4-5-12-16(14)15/h4-6,8-10,12H,7,11,13H2,1-3H3. The van der Waals surface area contributed by atoms with Crippen LogP contribution in [0.1, 0.15) is 39.2 Å². The summed E-state index contributed by atoms with van der Waals surface area (Å²) in [6, 6.07) is 15.3. The van der Waals surface area contributed by atoms with E-state index in [1.165, 1.54) is 35.6 Å². The average molecular weight is 226 g/mol. The zero-order valence-electron chi connectivity index (χ0n) is 11.2. The van der Waals surface area contributed by atoms with Crippen molar-refractivity contribution in [3.05, 3.63) is 48.0 Å². The molecule has 90 valence electrons. The first-order valence-corrected chi connectivity index (χ1v) is 6.53. The second kappa shape index (κ2) is 4.91. The van der Waals surface area contributed by atoms with Crippen molar-refractivity contribution in [2.45, 2.75) is 40.0 Å². The highest BCUT2D eigenvalue weighted by atomic mass is 14.1. The van der Waals surface area contributed by atoms with Crippen LogP contribution in [0, 0.1) is 5.41 Å². The van der Waals surface area contributed by atoms with Gasteiger partial charge in [-0.1, -0.05) is 63.2 Å². The minimum absolute atomic E-state index is 0.449. The maximum Gasteiger partial charge on any atom is -0.0152 e. The minimum atomic E-state index is 0.449. The Hall–Kier alpha value is -1.30. The van der Waals surface area contributed by atoms with Crippen LogP contribution in [0.2, 0.25) is 0 Å². The van der Waals surface area contributed by atoms with E-state index >= 15 is 0 Å². The van der Waals surface area contributed by atoms with Crippen molar-refractivity contribution in [3.8, 4) is 0 Å². The van der Waals surface area contributed by atoms with Crippen LogP contribution in [0.5, 0.6) is 0 Å². The highest BCUT2D eigenvalue weighted by Gasteiger charge is 2.09. The predicted octanol–water partition coefficient (Wildman–Crippen LogP) is 5.21. The Balaban J connectivity index is 2.13. The first kappa shape index (κ1) is 12.2. The first-order chi connectivity index (χ1) is 8.06. The van der Waals surface area contributed by atoms with Crippen LogP contribution < -0.4 is 0 Å². The van der Waals surface area contributed by atoms with Gasteiger partial charge in [0.25, 0.3) is 0 Å². The molecule has 2 aromatic carbocycles. The lowest BCUT2D eigenvalue weighted by Gasteiger charge is -2.17. The van der Waals surface area contributed by atoms with Gasteiger partial charge in [0, 0.05) is 0 Å². The topological polar surface area (TPSA) is 0 Å². The third-order valence-electron chi connectivity index (χ3n) is 3.25. The van der Waals surface area contributed by atoms with Crippen molar-refractivity contribution in [2.75, 3.05) is 0 Å². The van der Waals surface area contributed by atoms with Gasteiger partial charge in [-0.25, -0.2) is 0 Å². The maximum atomic E-state index is 2.32. The Kier molecular flexibility index (Phi) is 3.51. The van der Waals surface area contributed by atoms with E-state index in [4.69, 9.17) is 0 Å². The van der Waals surface area contributed by atoms with Crippen LogP contribution in [0.25, 0.3) is 10.8 Å². The fourth-order valence-corrected chi connectivity index (χ4v) is 2.32. The van der Waals surface area contributed by atoms with Gasteiger partial charge >= 0.3 is 0 Å². The van der Waals surface area contributed by atoms with E-state index in [-0.39, 0.29) is 0 Å². The summed E-state index contributed by atoms with van der Waals surface area (Å²) in [5, 5.41) is 2.78. The van der Waals surface area contributed by atoms with E-state index < -0.39 is 0 Å². The molecule has 0 heteroatoms. The van der Waals surface area contributed by atoms with E-state index in [0.29, 0.717) is 5.41 Å². The van der Waals surface area contributed by atoms with Crippen LogP contribution in [-0.4, -0.2) is 0 Å². The molecule has 0 radical (unpaired) electrons. The molecule has 0 saturated heterocycles. The number of hydrogen-bond acceptors (Lipinski definition) is 0. The lowest BCUT2D eigenvalue weighted by Crippen LogP contribution is -2.05. The summed E-state index contributed by atoms with van der Waals surface area (Å²) in [7, 11) is 0. The zero-order chi connectivity index (χ0) is 12.3. The molecule has 0 aliphatic rings. The lowest BCUT2D eigenvalue weighted by molar-refractivity contribution is 0.366. The summed E-state index contributed by atoms with van der Waals surface area (Å²) in [5.41, 5.74) is 1.94. The maximum absolute atomic E-state index is 2.32. The molecule has 2 rings (SSSR count). The predicted molar refractivity (Wildman–Crippen MR) is 76.3 cm³/mol. The minimum Gasteiger partial charge on any atom is -0.0616 e. The van der Waals surface area contributed by atoms with Gasteiger partial charge in [-0.05, 0) is 41.0 Å². The molecule has 0 N–H and O–H groups in total. The van der Waals surface area contributed by atoms with Gasteiger partial charge in [0.05, 0.1) is 0 Å². The summed E-state index contributed by atoms with van der Waals surface area (Å²) >= 11 is 0. The van der Waals surface area contributed by atoms with Crippen molar-refractivity contribution in [2.24, 2.45) is 5.41 Å². The Bertz CT molecular complexity index is 483. The highest BCUT2D eigenvalue weighted by molar-refractivity contribution is 5.85. The third kappa shape index (κ3) is 3.33. The SMILES string of the molecule is CC(C)(C)CCCc1cccc2ccccc12. The van der Waals surface area contributed by atoms with E-state index in [1.54, 1.807) is 0 Å². The quantitative estimate of drug-likeness (QED) is 0.674. The molecule has 0 amide bonds. The van der Waals surface area contributed by atoms with Crippen molar-refractivity contribution >= 4 is 10.8 Å². The molecule has 0 saturated carbocycles. The van der Waals surface area contributed by atoms with Crippen molar-refractivity contribution in [1.29, 1.82) is 0 Å². The molecular weight excluding hydrogens is 204 g/mol. The van der Waals surface area contributed by atoms with Gasteiger partial charge in [-0.15, -0.1) is 0 Å². The average Bonchev–Trinajstić information content (AvgIpc) is 2.28. The molecule has 0 aliphatic carbocycles. The summed E-state index contributed by atoms with van der Waals surface area (Å²) < 4.78 is 0. The Morgan fingerprint density at radius 1 is 0.882 bits per heavy atom. The monoisotopic (exact) mass is 226 g/mol. The molecule has 17 heavy (non-hydrogen) atoms. The van der Waals surface area contributed by atoms with E-state index in [0.717, 1.165) is 0 Å². The summed E-state index contributed by atoms with van der Waals surface area (Å²) in [5.74, 6) is 0. The Labute approximate surface area is 105 Å². The van der Waals surface area contributed by atoms with Crippen molar-refractivity contribution < 1.29 is 0 Å². The van der Waals surface area contributed by atoms with Crippen LogP contribution in [0.3, 0.4) is 0 Å². The second-order valence-corrected chi connectivity index (χ2v) is 6.05. The molecule has 0 atom stereocenters. The zero-order valence-corrected chi connectivity index (χ0v) is 11.2. The molecule has 0 heterocycles. The fourth-order valence-electron chi connectivity index (χ4n) is 2.32. The van der Waals surface area contributed by atoms with Crippen molar-refractivity contribution in [1.82, 2.24) is 0 Å². The largest absolute Gasteiger partial charge is 0.0616 e. The molecule has 0 bridgehead atoms. The molecule has 0 nitrogen and oxygen atoms in total. The molecule has 0 aliphatic heterocycles. The summed E-state index contributed by atoms with van der Waals surface area (Å²) in [6.45, 7) is 6.95. The van der Waals surface area contributed by atoms with E-state index in [1.807, 2.05) is 0 Å². The molecule has 0 fully saturated rings. The van der Waals surface area contributed by atoms with Crippen molar-refractivity contribution in [3.63, 3.8) is 0 Å². The smallest absolute Gasteiger partial charge is 0.0152 e. The number of benzene rings is 2. The molecule has 2 aromatic rings. The summed E-state index contributed by atoms with van der Waals surface area (Å²) in [6.07, 6.45) is 3.76. The van der Waals surface area contributed by atoms with Gasteiger partial charge in [0.15, 0.2) is 0 Å². The number of fused-ring (bicyclic) bond motifs is 1. The second-order valence-electron chi connectivity index (χ2n) is 6.05. The van der Waals surface area contributed by atoms with Gasteiger partial charge in [0.2, 0.25) is 0 Å². The van der Waals surface area contributed by atoms with Crippen LogP contribution in [0.4, 0.5) is 0 Å². The van der Waals surface area contributed by atoms with E-state index in [2.05, 4.69) is 63.2 Å². The highest BCUT2D eigenvalue weighted by Crippen LogP contribution is 2.24. The van der Waals surface area contributed by atoms with Crippen LogP contribution in [0.15, 0.2) is 42.5 Å². The first-order valence-electron chi connectivity index (χ1n) is 6.53. The van der Waals surface area contributed by atoms with Gasteiger partial charge in [-0.3, -0.25) is 0 Å². The summed E-state index contributed by atoms with van der Waals surface area (Å²) in [4.78, 5) is 0. The Morgan fingerprint density at radius 3 is 2.35 bits per heavy atom. The molecule has 0 unspecified atom stereocenters. The van der Waals surface area contributed by atoms with E-state index in [9.17, 15) is 0 Å². The van der Waals surface area contributed by atoms with Gasteiger partial charge < -0.3 is 0 Å². The Morgan fingerprint density at radius 2 is 1.59 bits per heavy atom. The fraction of sp³-hybridized carbons (Fsp3) is 0.412. The van der Waals surface area contributed by atoms with Crippen LogP contribution >= 0.6 is 0 Å². The normalized spacial score (nSPS) is 11.9.